The van der Waals surface area contributed by atoms with E-state index in [4.69, 9.17) is 14.2 Å². The van der Waals surface area contributed by atoms with Gasteiger partial charge >= 0.3 is 0 Å². The normalized spacial score (nSPS) is 15.5. The first kappa shape index (κ1) is 21.5. The fourth-order valence-corrected chi connectivity index (χ4v) is 3.71. The molecular formula is C27H27NO4. The number of rotatable bonds is 9. The Kier molecular flexibility index (Phi) is 7.08. The monoisotopic (exact) mass is 429 g/mol. The minimum absolute atomic E-state index is 0.0900. The molecule has 3 aromatic carbocycles. The number of anilines is 1. The standard InChI is InChI=1S/C27H27NO4/c1-2-30-24(19-29)16-21-12-14-23(15-13-21)31-20-25-18-28(17-22-8-4-3-5-9-22)26-10-6-7-11-27(26)32-25/h3-16,19,25H,2,17-18,20H2,1H3/b24-16-. The third-order valence-electron chi connectivity index (χ3n) is 5.19. The van der Waals surface area contributed by atoms with Crippen LogP contribution in [-0.4, -0.2) is 32.1 Å². The number of allylic oxidation sites excluding steroid dienone is 1. The Morgan fingerprint density at radius 1 is 1.03 bits per heavy atom. The molecule has 0 fully saturated rings. The summed E-state index contributed by atoms with van der Waals surface area (Å²) in [5, 5.41) is 0. The number of hydrogen-bond donors (Lipinski definition) is 0. The molecule has 3 aromatic rings. The lowest BCUT2D eigenvalue weighted by Crippen LogP contribution is -2.42. The van der Waals surface area contributed by atoms with Crippen LogP contribution in [0.25, 0.3) is 6.08 Å². The van der Waals surface area contributed by atoms with Crippen LogP contribution in [0.5, 0.6) is 11.5 Å². The van der Waals surface area contributed by atoms with E-state index >= 15 is 0 Å². The Labute approximate surface area is 188 Å². The van der Waals surface area contributed by atoms with Gasteiger partial charge in [-0.05, 0) is 48.4 Å². The van der Waals surface area contributed by atoms with E-state index in [0.717, 1.165) is 35.8 Å². The van der Waals surface area contributed by atoms with E-state index in [1.807, 2.05) is 55.5 Å². The van der Waals surface area contributed by atoms with Crippen LogP contribution in [0.3, 0.4) is 0 Å². The van der Waals surface area contributed by atoms with Gasteiger partial charge in [0.25, 0.3) is 0 Å². The van der Waals surface area contributed by atoms with Crippen LogP contribution >= 0.6 is 0 Å². The van der Waals surface area contributed by atoms with Crippen molar-refractivity contribution in [3.8, 4) is 11.5 Å². The lowest BCUT2D eigenvalue weighted by molar-refractivity contribution is -0.107. The minimum atomic E-state index is -0.0900. The summed E-state index contributed by atoms with van der Waals surface area (Å²) in [6.07, 6.45) is 2.34. The fourth-order valence-electron chi connectivity index (χ4n) is 3.71. The number of carbonyl (C=O) groups is 1. The van der Waals surface area contributed by atoms with Gasteiger partial charge in [-0.15, -0.1) is 0 Å². The number of ether oxygens (including phenoxy) is 3. The molecule has 0 aromatic heterocycles. The minimum Gasteiger partial charge on any atom is -0.490 e. The van der Waals surface area contributed by atoms with Crippen LogP contribution in [0.2, 0.25) is 0 Å². The molecule has 0 amide bonds. The van der Waals surface area contributed by atoms with E-state index < -0.39 is 0 Å². The van der Waals surface area contributed by atoms with Gasteiger partial charge in [0.2, 0.25) is 0 Å². The predicted octanol–water partition coefficient (Wildman–Crippen LogP) is 5.11. The van der Waals surface area contributed by atoms with Crippen molar-refractivity contribution in [3.63, 3.8) is 0 Å². The summed E-state index contributed by atoms with van der Waals surface area (Å²) in [5.74, 6) is 1.94. The highest BCUT2D eigenvalue weighted by Gasteiger charge is 2.26. The van der Waals surface area contributed by atoms with Crippen molar-refractivity contribution >= 4 is 18.0 Å². The van der Waals surface area contributed by atoms with Gasteiger partial charge in [-0.3, -0.25) is 4.79 Å². The summed E-state index contributed by atoms with van der Waals surface area (Å²) in [7, 11) is 0. The zero-order chi connectivity index (χ0) is 22.2. The summed E-state index contributed by atoms with van der Waals surface area (Å²) in [5.41, 5.74) is 3.24. The van der Waals surface area contributed by atoms with Crippen LogP contribution in [0.15, 0.2) is 84.6 Å². The average Bonchev–Trinajstić information content (AvgIpc) is 2.84. The molecule has 1 unspecified atom stereocenters. The van der Waals surface area contributed by atoms with E-state index in [0.29, 0.717) is 25.3 Å². The average molecular weight is 430 g/mol. The zero-order valence-electron chi connectivity index (χ0n) is 18.1. The topological polar surface area (TPSA) is 48.0 Å². The first-order chi connectivity index (χ1) is 15.7. The molecule has 1 aliphatic heterocycles. The Morgan fingerprint density at radius 3 is 2.53 bits per heavy atom. The maximum Gasteiger partial charge on any atom is 0.184 e. The number of nitrogens with zero attached hydrogens (tertiary/aromatic N) is 1. The first-order valence-corrected chi connectivity index (χ1v) is 10.8. The van der Waals surface area contributed by atoms with Crippen molar-refractivity contribution in [3.05, 3.63) is 95.7 Å². The van der Waals surface area contributed by atoms with Gasteiger partial charge in [-0.2, -0.15) is 0 Å². The molecule has 5 nitrogen and oxygen atoms in total. The second-order valence-corrected chi connectivity index (χ2v) is 7.55. The van der Waals surface area contributed by atoms with Crippen molar-refractivity contribution in [2.75, 3.05) is 24.7 Å². The zero-order valence-corrected chi connectivity index (χ0v) is 18.1. The number of fused-ring (bicyclic) bond motifs is 1. The van der Waals surface area contributed by atoms with Crippen molar-refractivity contribution in [1.82, 2.24) is 0 Å². The third-order valence-corrected chi connectivity index (χ3v) is 5.19. The van der Waals surface area contributed by atoms with Gasteiger partial charge in [0.05, 0.1) is 18.8 Å². The Hall–Kier alpha value is -3.73. The second-order valence-electron chi connectivity index (χ2n) is 7.55. The predicted molar refractivity (Wildman–Crippen MR) is 126 cm³/mol. The molecule has 0 radical (unpaired) electrons. The largest absolute Gasteiger partial charge is 0.490 e. The SMILES string of the molecule is CCO/C(C=O)=C\c1ccc(OCC2CN(Cc3ccccc3)c3ccccc3O2)cc1. The summed E-state index contributed by atoms with van der Waals surface area (Å²) in [6.45, 7) is 4.30. The molecule has 0 N–H and O–H groups in total. The number of para-hydroxylation sites is 2. The highest BCUT2D eigenvalue weighted by Crippen LogP contribution is 2.34. The smallest absolute Gasteiger partial charge is 0.184 e. The molecule has 5 heteroatoms. The maximum atomic E-state index is 11.0. The number of aldehydes is 1. The molecule has 0 saturated heterocycles. The van der Waals surface area contributed by atoms with Gasteiger partial charge in [-0.25, -0.2) is 0 Å². The molecule has 32 heavy (non-hydrogen) atoms. The molecule has 1 heterocycles. The highest BCUT2D eigenvalue weighted by atomic mass is 16.5. The molecule has 0 bridgehead atoms. The summed E-state index contributed by atoms with van der Waals surface area (Å²) in [6, 6.07) is 26.1. The van der Waals surface area contributed by atoms with Crippen LogP contribution in [0.1, 0.15) is 18.1 Å². The van der Waals surface area contributed by atoms with Crippen LogP contribution < -0.4 is 14.4 Å². The van der Waals surface area contributed by atoms with Gasteiger partial charge < -0.3 is 19.1 Å². The van der Waals surface area contributed by atoms with E-state index in [2.05, 4.69) is 35.2 Å². The van der Waals surface area contributed by atoms with Gasteiger partial charge in [0.1, 0.15) is 18.1 Å². The van der Waals surface area contributed by atoms with E-state index in [-0.39, 0.29) is 6.10 Å². The van der Waals surface area contributed by atoms with E-state index in [1.54, 1.807) is 6.08 Å². The summed E-state index contributed by atoms with van der Waals surface area (Å²) < 4.78 is 17.5. The van der Waals surface area contributed by atoms with E-state index in [9.17, 15) is 4.79 Å². The van der Waals surface area contributed by atoms with Gasteiger partial charge in [0, 0.05) is 6.54 Å². The van der Waals surface area contributed by atoms with Gasteiger partial charge in [-0.1, -0.05) is 54.6 Å². The number of hydrogen-bond acceptors (Lipinski definition) is 5. The molecule has 0 aliphatic carbocycles. The number of benzene rings is 3. The lowest BCUT2D eigenvalue weighted by Gasteiger charge is -2.36. The molecule has 1 aliphatic rings. The van der Waals surface area contributed by atoms with Crippen molar-refractivity contribution in [2.24, 2.45) is 0 Å². The van der Waals surface area contributed by atoms with Crippen molar-refractivity contribution in [1.29, 1.82) is 0 Å². The molecule has 1 atom stereocenters. The van der Waals surface area contributed by atoms with Gasteiger partial charge in [0.15, 0.2) is 18.1 Å². The first-order valence-electron chi connectivity index (χ1n) is 10.8. The lowest BCUT2D eigenvalue weighted by atomic mass is 10.1. The van der Waals surface area contributed by atoms with Crippen LogP contribution in [0.4, 0.5) is 5.69 Å². The maximum absolute atomic E-state index is 11.0. The molecule has 0 saturated carbocycles. The fraction of sp³-hybridized carbons (Fsp3) is 0.222. The van der Waals surface area contributed by atoms with Crippen molar-refractivity contribution < 1.29 is 19.0 Å². The van der Waals surface area contributed by atoms with E-state index in [1.165, 1.54) is 5.56 Å². The van der Waals surface area contributed by atoms with Crippen molar-refractivity contribution in [2.45, 2.75) is 19.6 Å². The quantitative estimate of drug-likeness (QED) is 0.269. The molecule has 4 rings (SSSR count). The molecule has 0 spiro atoms. The third kappa shape index (κ3) is 5.49. The Bertz CT molecular complexity index is 1050. The Balaban J connectivity index is 1.41. The van der Waals surface area contributed by atoms with Crippen LogP contribution in [-0.2, 0) is 16.1 Å². The second kappa shape index (κ2) is 10.5. The number of carbonyl (C=O) groups excluding carboxylic acids is 1. The molecule has 164 valence electrons. The highest BCUT2D eigenvalue weighted by molar-refractivity contribution is 5.79. The van der Waals surface area contributed by atoms with Crippen LogP contribution in [0, 0.1) is 0 Å². The Morgan fingerprint density at radius 2 is 1.78 bits per heavy atom. The summed E-state index contributed by atoms with van der Waals surface area (Å²) in [4.78, 5) is 13.4. The summed E-state index contributed by atoms with van der Waals surface area (Å²) >= 11 is 0. The molecular weight excluding hydrogens is 402 g/mol.